The maximum absolute atomic E-state index is 12.8. The summed E-state index contributed by atoms with van der Waals surface area (Å²) in [4.78, 5) is 12.8. The minimum absolute atomic E-state index is 0.179. The summed E-state index contributed by atoms with van der Waals surface area (Å²) in [5.41, 5.74) is 5.35. The lowest BCUT2D eigenvalue weighted by Crippen LogP contribution is -2.26. The molecule has 4 heteroatoms. The Labute approximate surface area is 153 Å². The van der Waals surface area contributed by atoms with Gasteiger partial charge in [0.15, 0.2) is 0 Å². The number of ether oxygens (including phenoxy) is 1. The lowest BCUT2D eigenvalue weighted by atomic mass is 9.91. The number of hydrogen-bond acceptors (Lipinski definition) is 3. The molecule has 1 N–H and O–H groups in total. The van der Waals surface area contributed by atoms with E-state index >= 15 is 0 Å². The molecule has 4 nitrogen and oxygen atoms in total. The second-order valence-corrected chi connectivity index (χ2v) is 5.77. The lowest BCUT2D eigenvalue weighted by Gasteiger charge is -2.16. The number of nitrogens with one attached hydrogen (secondary N) is 1. The Morgan fingerprint density at radius 1 is 0.923 bits per heavy atom. The van der Waals surface area contributed by atoms with Crippen LogP contribution in [0.3, 0.4) is 0 Å². The van der Waals surface area contributed by atoms with Crippen LogP contribution in [0.25, 0.3) is 0 Å². The van der Waals surface area contributed by atoms with Crippen LogP contribution in [0.15, 0.2) is 90.0 Å². The Morgan fingerprint density at radius 2 is 1.54 bits per heavy atom. The Morgan fingerprint density at radius 3 is 2.12 bits per heavy atom. The number of rotatable bonds is 6. The molecule has 0 fully saturated rings. The molecule has 0 saturated heterocycles. The minimum Gasteiger partial charge on any atom is -0.497 e. The Balaban J connectivity index is 1.79. The first-order valence-electron chi connectivity index (χ1n) is 8.35. The number of nitrogens with zero attached hydrogens (tertiary/aromatic N) is 1. The van der Waals surface area contributed by atoms with Gasteiger partial charge in [0, 0.05) is 0 Å². The lowest BCUT2D eigenvalue weighted by molar-refractivity contribution is -0.121. The molecular weight excluding hydrogens is 324 g/mol. The van der Waals surface area contributed by atoms with E-state index in [0.29, 0.717) is 0 Å². The van der Waals surface area contributed by atoms with Crippen molar-refractivity contribution in [1.82, 2.24) is 5.43 Å². The van der Waals surface area contributed by atoms with Gasteiger partial charge in [-0.3, -0.25) is 4.79 Å². The van der Waals surface area contributed by atoms with E-state index < -0.39 is 5.92 Å². The van der Waals surface area contributed by atoms with Crippen LogP contribution in [-0.2, 0) is 4.79 Å². The fraction of sp³-hybridized carbons (Fsp3) is 0.0909. The minimum atomic E-state index is -0.417. The van der Waals surface area contributed by atoms with Crippen molar-refractivity contribution in [1.29, 1.82) is 0 Å². The van der Waals surface area contributed by atoms with Crippen LogP contribution in [-0.4, -0.2) is 19.2 Å². The number of hydrazone groups is 1. The van der Waals surface area contributed by atoms with Gasteiger partial charge in [-0.1, -0.05) is 72.8 Å². The van der Waals surface area contributed by atoms with Crippen molar-refractivity contribution in [3.05, 3.63) is 102 Å². The van der Waals surface area contributed by atoms with E-state index in [1.807, 2.05) is 84.9 Å². The summed E-state index contributed by atoms with van der Waals surface area (Å²) in [5.74, 6) is 0.146. The highest BCUT2D eigenvalue weighted by Gasteiger charge is 2.22. The molecule has 26 heavy (non-hydrogen) atoms. The standard InChI is InChI=1S/C22H20N2O2/c1-26-20-14-8-9-17(15-20)16-23-24-22(25)21(18-10-4-2-5-11-18)19-12-6-3-7-13-19/h2-16,21H,1H3,(H,24,25)/b23-16-. The average molecular weight is 344 g/mol. The van der Waals surface area contributed by atoms with Crippen molar-refractivity contribution in [2.45, 2.75) is 5.92 Å². The highest BCUT2D eigenvalue weighted by atomic mass is 16.5. The van der Waals surface area contributed by atoms with Crippen LogP contribution in [0.2, 0.25) is 0 Å². The fourth-order valence-electron chi connectivity index (χ4n) is 2.74. The normalized spacial score (nSPS) is 10.8. The molecular formula is C22H20N2O2. The summed E-state index contributed by atoms with van der Waals surface area (Å²) < 4.78 is 5.19. The van der Waals surface area contributed by atoms with E-state index in [4.69, 9.17) is 4.74 Å². The predicted molar refractivity (Wildman–Crippen MR) is 103 cm³/mol. The van der Waals surface area contributed by atoms with Crippen molar-refractivity contribution in [2.75, 3.05) is 7.11 Å². The molecule has 3 rings (SSSR count). The molecule has 0 saturated carbocycles. The van der Waals surface area contributed by atoms with Gasteiger partial charge < -0.3 is 4.74 Å². The zero-order valence-electron chi connectivity index (χ0n) is 14.5. The number of hydrogen-bond donors (Lipinski definition) is 1. The maximum Gasteiger partial charge on any atom is 0.252 e. The fourth-order valence-corrected chi connectivity index (χ4v) is 2.74. The van der Waals surface area contributed by atoms with Crippen molar-refractivity contribution in [2.24, 2.45) is 5.10 Å². The molecule has 0 aliphatic heterocycles. The summed E-state index contributed by atoms with van der Waals surface area (Å²) >= 11 is 0. The Hall–Kier alpha value is -3.40. The van der Waals surface area contributed by atoms with Gasteiger partial charge in [-0.15, -0.1) is 0 Å². The van der Waals surface area contributed by atoms with Crippen molar-refractivity contribution in [3.63, 3.8) is 0 Å². The number of amides is 1. The van der Waals surface area contributed by atoms with Crippen LogP contribution in [0.5, 0.6) is 5.75 Å². The molecule has 0 atom stereocenters. The zero-order valence-corrected chi connectivity index (χ0v) is 14.5. The Bertz CT molecular complexity index is 837. The summed E-state index contributed by atoms with van der Waals surface area (Å²) in [6.07, 6.45) is 1.60. The second-order valence-electron chi connectivity index (χ2n) is 5.77. The zero-order chi connectivity index (χ0) is 18.2. The largest absolute Gasteiger partial charge is 0.497 e. The first kappa shape index (κ1) is 17.4. The third kappa shape index (κ3) is 4.36. The SMILES string of the molecule is COc1cccc(/C=N\NC(=O)C(c2ccccc2)c2ccccc2)c1. The van der Waals surface area contributed by atoms with Crippen molar-refractivity contribution in [3.8, 4) is 5.75 Å². The molecule has 0 aromatic heterocycles. The van der Waals surface area contributed by atoms with Gasteiger partial charge in [0.1, 0.15) is 5.75 Å². The number of benzene rings is 3. The summed E-state index contributed by atoms with van der Waals surface area (Å²) in [6.45, 7) is 0. The number of carbonyl (C=O) groups is 1. The van der Waals surface area contributed by atoms with E-state index in [-0.39, 0.29) is 5.91 Å². The second kappa shape index (κ2) is 8.62. The molecule has 0 bridgehead atoms. The van der Waals surface area contributed by atoms with Gasteiger partial charge in [-0.2, -0.15) is 5.10 Å². The van der Waals surface area contributed by atoms with Crippen LogP contribution in [0.1, 0.15) is 22.6 Å². The van der Waals surface area contributed by atoms with Crippen LogP contribution < -0.4 is 10.2 Å². The van der Waals surface area contributed by atoms with Gasteiger partial charge in [-0.25, -0.2) is 5.43 Å². The topological polar surface area (TPSA) is 50.7 Å². The van der Waals surface area contributed by atoms with Gasteiger partial charge in [0.05, 0.1) is 19.2 Å². The first-order valence-corrected chi connectivity index (χ1v) is 8.35. The highest BCUT2D eigenvalue weighted by molar-refractivity contribution is 5.88. The summed E-state index contributed by atoms with van der Waals surface area (Å²) in [7, 11) is 1.61. The molecule has 0 radical (unpaired) electrons. The average Bonchev–Trinajstić information content (AvgIpc) is 2.70. The third-order valence-corrected chi connectivity index (χ3v) is 4.01. The molecule has 0 aliphatic rings. The van der Waals surface area contributed by atoms with E-state index in [1.54, 1.807) is 13.3 Å². The van der Waals surface area contributed by atoms with E-state index in [2.05, 4.69) is 10.5 Å². The number of carbonyl (C=O) groups excluding carboxylic acids is 1. The molecule has 1 amide bonds. The van der Waals surface area contributed by atoms with Gasteiger partial charge in [0.25, 0.3) is 5.91 Å². The van der Waals surface area contributed by atoms with E-state index in [9.17, 15) is 4.79 Å². The Kier molecular flexibility index (Phi) is 5.78. The molecule has 3 aromatic rings. The van der Waals surface area contributed by atoms with E-state index in [1.165, 1.54) is 0 Å². The molecule has 0 aliphatic carbocycles. The summed E-state index contributed by atoms with van der Waals surface area (Å²) in [5, 5.41) is 4.11. The van der Waals surface area contributed by atoms with Gasteiger partial charge in [0.2, 0.25) is 0 Å². The molecule has 0 heterocycles. The highest BCUT2D eigenvalue weighted by Crippen LogP contribution is 2.24. The quantitative estimate of drug-likeness (QED) is 0.543. The van der Waals surface area contributed by atoms with Crippen LogP contribution >= 0.6 is 0 Å². The van der Waals surface area contributed by atoms with Crippen LogP contribution in [0, 0.1) is 0 Å². The molecule has 3 aromatic carbocycles. The molecule has 130 valence electrons. The maximum atomic E-state index is 12.8. The smallest absolute Gasteiger partial charge is 0.252 e. The third-order valence-electron chi connectivity index (χ3n) is 4.01. The van der Waals surface area contributed by atoms with Crippen molar-refractivity contribution >= 4 is 12.1 Å². The van der Waals surface area contributed by atoms with Crippen LogP contribution in [0.4, 0.5) is 0 Å². The summed E-state index contributed by atoms with van der Waals surface area (Å²) in [6, 6.07) is 26.8. The predicted octanol–water partition coefficient (Wildman–Crippen LogP) is 3.98. The number of methoxy groups -OCH3 is 1. The van der Waals surface area contributed by atoms with Crippen molar-refractivity contribution < 1.29 is 9.53 Å². The van der Waals surface area contributed by atoms with Gasteiger partial charge >= 0.3 is 0 Å². The molecule has 0 spiro atoms. The van der Waals surface area contributed by atoms with Gasteiger partial charge in [-0.05, 0) is 28.8 Å². The first-order chi connectivity index (χ1) is 12.8. The monoisotopic (exact) mass is 344 g/mol. The molecule has 0 unspecified atom stereocenters. The van der Waals surface area contributed by atoms with E-state index in [0.717, 1.165) is 22.4 Å².